The average Bonchev–Trinajstić information content (AvgIpc) is 2.37. The molecule has 1 atom stereocenters. The summed E-state index contributed by atoms with van der Waals surface area (Å²) in [6.07, 6.45) is 2.24. The molecule has 1 aromatic carbocycles. The topological polar surface area (TPSA) is 29.3 Å². The summed E-state index contributed by atoms with van der Waals surface area (Å²) in [5.41, 5.74) is 6.57. The highest BCUT2D eigenvalue weighted by atomic mass is 19.1. The van der Waals surface area contributed by atoms with Gasteiger partial charge in [0.1, 0.15) is 5.82 Å². The fraction of sp³-hybridized carbons (Fsp3) is 0.600. The smallest absolute Gasteiger partial charge is 0.126 e. The molecule has 0 amide bonds. The third-order valence-electron chi connectivity index (χ3n) is 3.19. The molecule has 0 aliphatic carbocycles. The number of benzene rings is 1. The lowest BCUT2D eigenvalue weighted by Crippen LogP contribution is -2.33. The van der Waals surface area contributed by atoms with Crippen LogP contribution in [0.2, 0.25) is 0 Å². The molecule has 0 fully saturated rings. The molecule has 0 bridgehead atoms. The van der Waals surface area contributed by atoms with Gasteiger partial charge in [-0.15, -0.1) is 0 Å². The average molecular weight is 252 g/mol. The summed E-state index contributed by atoms with van der Waals surface area (Å²) in [7, 11) is 0. The molecule has 0 saturated carbocycles. The number of hydrogen-bond donors (Lipinski definition) is 1. The molecular weight excluding hydrogens is 227 g/mol. The Kier molecular flexibility index (Phi) is 6.91. The Balaban J connectivity index is 2.73. The molecule has 0 aliphatic heterocycles. The number of rotatable bonds is 8. The van der Waals surface area contributed by atoms with E-state index in [0.29, 0.717) is 6.54 Å². The van der Waals surface area contributed by atoms with E-state index < -0.39 is 0 Å². The predicted octanol–water partition coefficient (Wildman–Crippen LogP) is 2.99. The van der Waals surface area contributed by atoms with Crippen LogP contribution >= 0.6 is 0 Å². The minimum atomic E-state index is -0.138. The van der Waals surface area contributed by atoms with Gasteiger partial charge in [0, 0.05) is 19.0 Å². The quantitative estimate of drug-likeness (QED) is 0.770. The minimum absolute atomic E-state index is 0.0873. The zero-order valence-corrected chi connectivity index (χ0v) is 11.5. The highest BCUT2D eigenvalue weighted by Crippen LogP contribution is 2.19. The van der Waals surface area contributed by atoms with Crippen molar-refractivity contribution < 1.29 is 4.39 Å². The molecule has 0 heterocycles. The van der Waals surface area contributed by atoms with Gasteiger partial charge in [0.05, 0.1) is 0 Å². The normalized spacial score (nSPS) is 12.9. The van der Waals surface area contributed by atoms with Gasteiger partial charge in [-0.3, -0.25) is 0 Å². The monoisotopic (exact) mass is 252 g/mol. The van der Waals surface area contributed by atoms with Crippen LogP contribution < -0.4 is 5.73 Å². The maximum Gasteiger partial charge on any atom is 0.126 e. The lowest BCUT2D eigenvalue weighted by Gasteiger charge is -2.26. The van der Waals surface area contributed by atoms with Gasteiger partial charge >= 0.3 is 0 Å². The molecule has 2 N–H and O–H groups in total. The van der Waals surface area contributed by atoms with Crippen LogP contribution in [0.15, 0.2) is 24.3 Å². The second-order valence-corrected chi connectivity index (χ2v) is 4.75. The van der Waals surface area contributed by atoms with Crippen molar-refractivity contribution in [2.24, 2.45) is 5.73 Å². The van der Waals surface area contributed by atoms with Crippen molar-refractivity contribution in [1.82, 2.24) is 4.90 Å². The minimum Gasteiger partial charge on any atom is -0.330 e. The van der Waals surface area contributed by atoms with Crippen molar-refractivity contribution in [1.29, 1.82) is 0 Å². The van der Waals surface area contributed by atoms with Gasteiger partial charge in [0.25, 0.3) is 0 Å². The predicted molar refractivity (Wildman–Crippen MR) is 75.2 cm³/mol. The van der Waals surface area contributed by atoms with E-state index in [2.05, 4.69) is 18.7 Å². The van der Waals surface area contributed by atoms with Gasteiger partial charge in [0.2, 0.25) is 0 Å². The lowest BCUT2D eigenvalue weighted by molar-refractivity contribution is 0.256. The zero-order chi connectivity index (χ0) is 13.4. The SMILES string of the molecule is CCCN(CCC)CC(CN)c1ccccc1F. The Morgan fingerprint density at radius 2 is 1.78 bits per heavy atom. The van der Waals surface area contributed by atoms with Gasteiger partial charge in [-0.2, -0.15) is 0 Å². The molecule has 3 heteroatoms. The van der Waals surface area contributed by atoms with Crippen LogP contribution in [0, 0.1) is 5.82 Å². The van der Waals surface area contributed by atoms with E-state index in [1.54, 1.807) is 6.07 Å². The molecular formula is C15H25FN2. The molecule has 0 aliphatic rings. The molecule has 2 nitrogen and oxygen atoms in total. The van der Waals surface area contributed by atoms with Crippen molar-refractivity contribution in [2.75, 3.05) is 26.2 Å². The Bertz CT molecular complexity index is 335. The first-order valence-electron chi connectivity index (χ1n) is 6.89. The van der Waals surface area contributed by atoms with Gasteiger partial charge in [-0.1, -0.05) is 32.0 Å². The Morgan fingerprint density at radius 1 is 1.17 bits per heavy atom. The first kappa shape index (κ1) is 15.1. The molecule has 18 heavy (non-hydrogen) atoms. The van der Waals surface area contributed by atoms with E-state index in [-0.39, 0.29) is 11.7 Å². The Morgan fingerprint density at radius 3 is 2.28 bits per heavy atom. The van der Waals surface area contributed by atoms with Crippen molar-refractivity contribution in [3.05, 3.63) is 35.6 Å². The molecule has 1 rings (SSSR count). The van der Waals surface area contributed by atoms with Gasteiger partial charge in [0.15, 0.2) is 0 Å². The largest absolute Gasteiger partial charge is 0.330 e. The van der Waals surface area contributed by atoms with Gasteiger partial charge in [-0.25, -0.2) is 4.39 Å². The Labute approximate surface area is 110 Å². The van der Waals surface area contributed by atoms with E-state index in [9.17, 15) is 4.39 Å². The molecule has 0 spiro atoms. The fourth-order valence-electron chi connectivity index (χ4n) is 2.34. The molecule has 1 unspecified atom stereocenters. The fourth-order valence-corrected chi connectivity index (χ4v) is 2.34. The summed E-state index contributed by atoms with van der Waals surface area (Å²) >= 11 is 0. The van der Waals surface area contributed by atoms with E-state index in [4.69, 9.17) is 5.73 Å². The van der Waals surface area contributed by atoms with Crippen LogP contribution in [0.25, 0.3) is 0 Å². The van der Waals surface area contributed by atoms with Crippen molar-refractivity contribution in [2.45, 2.75) is 32.6 Å². The Hall–Kier alpha value is -0.930. The number of nitrogens with two attached hydrogens (primary N) is 1. The third-order valence-corrected chi connectivity index (χ3v) is 3.19. The van der Waals surface area contributed by atoms with Gasteiger partial charge < -0.3 is 10.6 Å². The summed E-state index contributed by atoms with van der Waals surface area (Å²) in [6, 6.07) is 6.97. The first-order valence-corrected chi connectivity index (χ1v) is 6.89. The van der Waals surface area contributed by atoms with Crippen LogP contribution in [0.5, 0.6) is 0 Å². The molecule has 0 aromatic heterocycles. The second-order valence-electron chi connectivity index (χ2n) is 4.75. The summed E-state index contributed by atoms with van der Waals surface area (Å²) in [5.74, 6) is -0.0507. The third kappa shape index (κ3) is 4.39. The van der Waals surface area contributed by atoms with Crippen molar-refractivity contribution >= 4 is 0 Å². The molecule has 0 radical (unpaired) electrons. The van der Waals surface area contributed by atoms with Crippen LogP contribution in [-0.2, 0) is 0 Å². The highest BCUT2D eigenvalue weighted by molar-refractivity contribution is 5.22. The van der Waals surface area contributed by atoms with E-state index in [1.807, 2.05) is 12.1 Å². The molecule has 102 valence electrons. The van der Waals surface area contributed by atoms with Crippen molar-refractivity contribution in [3.8, 4) is 0 Å². The van der Waals surface area contributed by atoms with E-state index in [0.717, 1.165) is 38.0 Å². The molecule has 0 saturated heterocycles. The zero-order valence-electron chi connectivity index (χ0n) is 11.5. The summed E-state index contributed by atoms with van der Waals surface area (Å²) in [5, 5.41) is 0. The standard InChI is InChI=1S/C15H25FN2/c1-3-9-18(10-4-2)12-13(11-17)14-7-5-6-8-15(14)16/h5-8,13H,3-4,9-12,17H2,1-2H3. The number of hydrogen-bond acceptors (Lipinski definition) is 2. The van der Waals surface area contributed by atoms with Gasteiger partial charge in [-0.05, 0) is 37.6 Å². The highest BCUT2D eigenvalue weighted by Gasteiger charge is 2.17. The number of nitrogens with zero attached hydrogens (tertiary/aromatic N) is 1. The summed E-state index contributed by atoms with van der Waals surface area (Å²) in [4.78, 5) is 2.38. The molecule has 1 aromatic rings. The summed E-state index contributed by atoms with van der Waals surface area (Å²) in [6.45, 7) is 7.79. The lowest BCUT2D eigenvalue weighted by atomic mass is 9.98. The maximum atomic E-state index is 13.8. The first-order chi connectivity index (χ1) is 8.72. The maximum absolute atomic E-state index is 13.8. The van der Waals surface area contributed by atoms with Crippen LogP contribution in [0.3, 0.4) is 0 Å². The number of halogens is 1. The van der Waals surface area contributed by atoms with Crippen LogP contribution in [0.4, 0.5) is 4.39 Å². The van der Waals surface area contributed by atoms with E-state index in [1.165, 1.54) is 6.07 Å². The van der Waals surface area contributed by atoms with Crippen LogP contribution in [-0.4, -0.2) is 31.1 Å². The van der Waals surface area contributed by atoms with Crippen molar-refractivity contribution in [3.63, 3.8) is 0 Å². The van der Waals surface area contributed by atoms with E-state index >= 15 is 0 Å². The van der Waals surface area contributed by atoms with Crippen LogP contribution in [0.1, 0.15) is 38.2 Å². The second kappa shape index (κ2) is 8.22. The summed E-state index contributed by atoms with van der Waals surface area (Å²) < 4.78 is 13.8.